The molecule has 1 aliphatic rings. The minimum absolute atomic E-state index is 0.0545. The van der Waals surface area contributed by atoms with Crippen molar-refractivity contribution in [3.8, 4) is 6.07 Å². The first-order valence-corrected chi connectivity index (χ1v) is 8.07. The fraction of sp³-hybridized carbons (Fsp3) is 0.500. The Morgan fingerprint density at radius 2 is 2.10 bits per heavy atom. The van der Waals surface area contributed by atoms with Crippen molar-refractivity contribution in [2.75, 3.05) is 11.9 Å². The molecule has 1 aliphatic carbocycles. The van der Waals surface area contributed by atoms with Crippen molar-refractivity contribution in [3.05, 3.63) is 28.2 Å². The van der Waals surface area contributed by atoms with Crippen LogP contribution in [-0.4, -0.2) is 12.5 Å². The molecule has 4 nitrogen and oxygen atoms in total. The molecule has 0 aliphatic heterocycles. The highest BCUT2D eigenvalue weighted by molar-refractivity contribution is 9.10. The Bertz CT molecular complexity index is 559. The summed E-state index contributed by atoms with van der Waals surface area (Å²) in [6, 6.07) is 7.36. The predicted octanol–water partition coefficient (Wildman–Crippen LogP) is 3.56. The van der Waals surface area contributed by atoms with E-state index in [0.29, 0.717) is 24.2 Å². The van der Waals surface area contributed by atoms with E-state index >= 15 is 0 Å². The van der Waals surface area contributed by atoms with E-state index in [1.807, 2.05) is 6.07 Å². The molecule has 112 valence electrons. The van der Waals surface area contributed by atoms with Crippen molar-refractivity contribution in [2.45, 2.75) is 38.5 Å². The van der Waals surface area contributed by atoms with E-state index < -0.39 is 0 Å². The molecule has 5 heteroatoms. The number of carbonyl (C=O) groups excluding carboxylic acids is 1. The summed E-state index contributed by atoms with van der Waals surface area (Å²) in [6.45, 7) is 0.547. The molecule has 1 aromatic carbocycles. The molecule has 1 saturated carbocycles. The highest BCUT2D eigenvalue weighted by Gasteiger charge is 2.33. The Kier molecular flexibility index (Phi) is 5.38. The number of nitriles is 1. The van der Waals surface area contributed by atoms with E-state index in [1.165, 1.54) is 6.42 Å². The number of anilines is 1. The van der Waals surface area contributed by atoms with Crippen LogP contribution in [0, 0.1) is 16.7 Å². The monoisotopic (exact) mass is 349 g/mol. The molecule has 0 unspecified atom stereocenters. The van der Waals surface area contributed by atoms with Gasteiger partial charge in [-0.2, -0.15) is 5.26 Å². The highest BCUT2D eigenvalue weighted by atomic mass is 79.9. The van der Waals surface area contributed by atoms with Crippen LogP contribution in [0.4, 0.5) is 5.69 Å². The Labute approximate surface area is 133 Å². The molecule has 0 heterocycles. The van der Waals surface area contributed by atoms with Crippen LogP contribution in [0.15, 0.2) is 22.7 Å². The van der Waals surface area contributed by atoms with Crippen molar-refractivity contribution < 1.29 is 4.79 Å². The summed E-state index contributed by atoms with van der Waals surface area (Å²) in [6.07, 6.45) is 5.99. The van der Waals surface area contributed by atoms with Gasteiger partial charge in [-0.3, -0.25) is 4.79 Å². The summed E-state index contributed by atoms with van der Waals surface area (Å²) in [5.74, 6) is -0.0545. The number of amides is 1. The van der Waals surface area contributed by atoms with Crippen LogP contribution in [0.5, 0.6) is 0 Å². The predicted molar refractivity (Wildman–Crippen MR) is 86.7 cm³/mol. The van der Waals surface area contributed by atoms with E-state index in [4.69, 9.17) is 11.0 Å². The summed E-state index contributed by atoms with van der Waals surface area (Å²) in [7, 11) is 0. The second-order valence-corrected chi connectivity index (χ2v) is 6.71. The van der Waals surface area contributed by atoms with Gasteiger partial charge in [-0.25, -0.2) is 0 Å². The maximum atomic E-state index is 12.3. The summed E-state index contributed by atoms with van der Waals surface area (Å²) >= 11 is 3.32. The molecule has 0 radical (unpaired) electrons. The zero-order valence-electron chi connectivity index (χ0n) is 12.0. The molecule has 0 saturated heterocycles. The van der Waals surface area contributed by atoms with E-state index in [-0.39, 0.29) is 11.3 Å². The molecule has 1 amide bonds. The smallest absolute Gasteiger partial charge is 0.225 e. The van der Waals surface area contributed by atoms with Gasteiger partial charge in [0.15, 0.2) is 0 Å². The van der Waals surface area contributed by atoms with Gasteiger partial charge >= 0.3 is 0 Å². The van der Waals surface area contributed by atoms with Crippen LogP contribution in [0.2, 0.25) is 0 Å². The van der Waals surface area contributed by atoms with E-state index in [9.17, 15) is 4.79 Å². The van der Waals surface area contributed by atoms with Crippen molar-refractivity contribution in [2.24, 2.45) is 11.1 Å². The molecule has 1 fully saturated rings. The minimum atomic E-state index is -0.0650. The van der Waals surface area contributed by atoms with Crippen LogP contribution < -0.4 is 11.1 Å². The number of nitrogens with zero attached hydrogens (tertiary/aromatic N) is 1. The Morgan fingerprint density at radius 3 is 2.71 bits per heavy atom. The maximum absolute atomic E-state index is 12.3. The second-order valence-electron chi connectivity index (χ2n) is 5.79. The summed E-state index contributed by atoms with van der Waals surface area (Å²) in [4.78, 5) is 12.3. The van der Waals surface area contributed by atoms with Crippen molar-refractivity contribution >= 4 is 27.5 Å². The van der Waals surface area contributed by atoms with Gasteiger partial charge in [0.2, 0.25) is 5.91 Å². The zero-order valence-corrected chi connectivity index (χ0v) is 13.6. The molecule has 3 N–H and O–H groups in total. The number of nitrogens with two attached hydrogens (primary N) is 1. The van der Waals surface area contributed by atoms with Crippen LogP contribution in [0.25, 0.3) is 0 Å². The molecule has 1 aromatic rings. The van der Waals surface area contributed by atoms with Crippen molar-refractivity contribution in [1.82, 2.24) is 0 Å². The normalized spacial score (nSPS) is 17.0. The summed E-state index contributed by atoms with van der Waals surface area (Å²) in [5.41, 5.74) is 6.88. The van der Waals surface area contributed by atoms with Gasteiger partial charge < -0.3 is 11.1 Å². The van der Waals surface area contributed by atoms with Gasteiger partial charge in [0.05, 0.1) is 11.3 Å². The average Bonchev–Trinajstić information content (AvgIpc) is 2.50. The largest absolute Gasteiger partial charge is 0.330 e. The quantitative estimate of drug-likeness (QED) is 0.871. The standard InChI is InChI=1S/C16H20BrN3O/c17-13-4-5-14(12(8-13)10-18)20-15(21)9-16(11-19)6-2-1-3-7-16/h4-5,8H,1-3,6-7,9,11,19H2,(H,20,21). The number of halogens is 1. The Balaban J connectivity index is 2.06. The van der Waals surface area contributed by atoms with Crippen LogP contribution in [0.3, 0.4) is 0 Å². The number of nitrogens with one attached hydrogen (secondary N) is 1. The fourth-order valence-electron chi connectivity index (χ4n) is 3.01. The fourth-order valence-corrected chi connectivity index (χ4v) is 3.37. The first-order chi connectivity index (χ1) is 10.1. The number of carbonyl (C=O) groups is 1. The van der Waals surface area contributed by atoms with Crippen LogP contribution >= 0.6 is 15.9 Å². The summed E-state index contributed by atoms with van der Waals surface area (Å²) < 4.78 is 0.822. The molecule has 0 bridgehead atoms. The van der Waals surface area contributed by atoms with Crippen molar-refractivity contribution in [3.63, 3.8) is 0 Å². The average molecular weight is 350 g/mol. The van der Waals surface area contributed by atoms with Gasteiger partial charge in [0.25, 0.3) is 0 Å². The second kappa shape index (κ2) is 7.06. The topological polar surface area (TPSA) is 78.9 Å². The lowest BCUT2D eigenvalue weighted by atomic mass is 9.71. The van der Waals surface area contributed by atoms with Gasteiger partial charge in [-0.15, -0.1) is 0 Å². The molecule has 0 aromatic heterocycles. The van der Waals surface area contributed by atoms with E-state index in [2.05, 4.69) is 27.3 Å². The van der Waals surface area contributed by atoms with Gasteiger partial charge in [0.1, 0.15) is 6.07 Å². The molecule has 21 heavy (non-hydrogen) atoms. The number of rotatable bonds is 4. The molecule has 2 rings (SSSR count). The number of benzene rings is 1. The van der Waals surface area contributed by atoms with Crippen molar-refractivity contribution in [1.29, 1.82) is 5.26 Å². The third-order valence-corrected chi connectivity index (χ3v) is 4.75. The number of hydrogen-bond donors (Lipinski definition) is 2. The zero-order chi connectivity index (χ0) is 15.3. The maximum Gasteiger partial charge on any atom is 0.225 e. The van der Waals surface area contributed by atoms with Crippen LogP contribution in [-0.2, 0) is 4.79 Å². The molecule has 0 spiro atoms. The summed E-state index contributed by atoms with van der Waals surface area (Å²) in [5, 5.41) is 12.0. The van der Waals surface area contributed by atoms with E-state index in [1.54, 1.807) is 12.1 Å². The van der Waals surface area contributed by atoms with Gasteiger partial charge in [-0.1, -0.05) is 35.2 Å². The van der Waals surface area contributed by atoms with Crippen LogP contribution in [0.1, 0.15) is 44.1 Å². The lowest BCUT2D eigenvalue weighted by Gasteiger charge is -2.35. The first-order valence-electron chi connectivity index (χ1n) is 7.28. The SMILES string of the molecule is N#Cc1cc(Br)ccc1NC(=O)CC1(CN)CCCCC1. The molecule has 0 atom stereocenters. The third kappa shape index (κ3) is 4.05. The third-order valence-electron chi connectivity index (χ3n) is 4.26. The minimum Gasteiger partial charge on any atom is -0.330 e. The Hall–Kier alpha value is -1.38. The lowest BCUT2D eigenvalue weighted by Crippen LogP contribution is -2.36. The molecular weight excluding hydrogens is 330 g/mol. The number of hydrogen-bond acceptors (Lipinski definition) is 3. The lowest BCUT2D eigenvalue weighted by molar-refractivity contribution is -0.118. The first kappa shape index (κ1) is 16.0. The van der Waals surface area contributed by atoms with Gasteiger partial charge in [-0.05, 0) is 43.0 Å². The van der Waals surface area contributed by atoms with Gasteiger partial charge in [0, 0.05) is 10.9 Å². The molecular formula is C16H20BrN3O. The highest BCUT2D eigenvalue weighted by Crippen LogP contribution is 2.38. The van der Waals surface area contributed by atoms with E-state index in [0.717, 1.165) is 30.2 Å². The Morgan fingerprint density at radius 1 is 1.38 bits per heavy atom.